The van der Waals surface area contributed by atoms with Gasteiger partial charge in [-0.15, -0.1) is 0 Å². The molecule has 2 aliphatic rings. The number of alkyl halides is 3. The van der Waals surface area contributed by atoms with Gasteiger partial charge in [0.25, 0.3) is 0 Å². The predicted molar refractivity (Wildman–Crippen MR) is 94.2 cm³/mol. The molecule has 0 aromatic carbocycles. The lowest BCUT2D eigenvalue weighted by atomic mass is 9.85. The van der Waals surface area contributed by atoms with Gasteiger partial charge in [-0.1, -0.05) is 0 Å². The molecule has 0 saturated heterocycles. The van der Waals surface area contributed by atoms with Crippen LogP contribution in [-0.2, 0) is 24.7 Å². The smallest absolute Gasteiger partial charge is 0.392 e. The first kappa shape index (κ1) is 19.7. The van der Waals surface area contributed by atoms with Gasteiger partial charge in [0.05, 0.1) is 12.1 Å². The number of fused-ring (bicyclic) bond motifs is 2. The number of hydrogen-bond donors (Lipinski definition) is 3. The van der Waals surface area contributed by atoms with Crippen LogP contribution < -0.4 is 15.0 Å². The van der Waals surface area contributed by atoms with Crippen molar-refractivity contribution in [1.82, 2.24) is 25.3 Å². The first-order chi connectivity index (χ1) is 13.7. The van der Waals surface area contributed by atoms with Crippen molar-refractivity contribution < 1.29 is 27.8 Å². The van der Waals surface area contributed by atoms with Crippen molar-refractivity contribution >= 4 is 11.6 Å². The van der Waals surface area contributed by atoms with E-state index in [1.165, 1.54) is 15.8 Å². The number of aliphatic hydroxyl groups excluding tert-OH is 1. The van der Waals surface area contributed by atoms with Gasteiger partial charge in [-0.05, 0) is 19.3 Å². The van der Waals surface area contributed by atoms with Gasteiger partial charge in [-0.2, -0.15) is 23.4 Å². The molecule has 1 aliphatic heterocycles. The summed E-state index contributed by atoms with van der Waals surface area (Å²) in [6, 6.07) is -0.920. The van der Waals surface area contributed by atoms with Gasteiger partial charge in [0.15, 0.2) is 6.23 Å². The largest absolute Gasteiger partial charge is 0.474 e. The summed E-state index contributed by atoms with van der Waals surface area (Å²) in [5, 5.41) is 24.1. The monoisotopic (exact) mass is 414 g/mol. The Hall–Kier alpha value is -2.60. The van der Waals surface area contributed by atoms with E-state index in [1.807, 2.05) is 0 Å². The fourth-order valence-electron chi connectivity index (χ4n) is 3.81. The van der Waals surface area contributed by atoms with Gasteiger partial charge >= 0.3 is 6.18 Å². The minimum atomic E-state index is -4.31. The van der Waals surface area contributed by atoms with Gasteiger partial charge in [0.1, 0.15) is 24.0 Å². The highest BCUT2D eigenvalue weighted by atomic mass is 19.4. The van der Waals surface area contributed by atoms with Crippen LogP contribution in [0.4, 0.5) is 18.9 Å². The number of aromatic amines is 1. The van der Waals surface area contributed by atoms with Crippen molar-refractivity contribution in [1.29, 1.82) is 0 Å². The van der Waals surface area contributed by atoms with Crippen LogP contribution in [0.1, 0.15) is 29.6 Å². The van der Waals surface area contributed by atoms with Gasteiger partial charge in [-0.3, -0.25) is 15.2 Å². The van der Waals surface area contributed by atoms with E-state index in [0.717, 1.165) is 0 Å². The number of aryl methyl sites for hydroxylation is 2. The third-order valence-corrected chi connectivity index (χ3v) is 5.50. The SMILES string of the molecule is CN1C(=O)[C@@H](NC(O)c2n[nH]c3c2C[C@@H](C(F)(F)F)CC3)COc2c1cnn2C. The Labute approximate surface area is 163 Å². The number of aliphatic hydroxyl groups is 1. The molecule has 1 amide bonds. The maximum atomic E-state index is 13.1. The van der Waals surface area contributed by atoms with Gasteiger partial charge in [0.2, 0.25) is 11.8 Å². The average Bonchev–Trinajstić information content (AvgIpc) is 3.23. The molecule has 2 aromatic rings. The molecule has 1 aliphatic carbocycles. The average molecular weight is 414 g/mol. The molecule has 4 rings (SSSR count). The molecule has 0 spiro atoms. The van der Waals surface area contributed by atoms with E-state index >= 15 is 0 Å². The van der Waals surface area contributed by atoms with Crippen LogP contribution in [0.15, 0.2) is 6.20 Å². The molecule has 0 radical (unpaired) electrons. The van der Waals surface area contributed by atoms with Crippen LogP contribution in [-0.4, -0.2) is 56.9 Å². The van der Waals surface area contributed by atoms with Crippen LogP contribution in [0.25, 0.3) is 0 Å². The molecule has 0 fully saturated rings. The zero-order chi connectivity index (χ0) is 20.9. The Kier molecular flexibility index (Phi) is 4.77. The lowest BCUT2D eigenvalue weighted by Gasteiger charge is -2.26. The summed E-state index contributed by atoms with van der Waals surface area (Å²) in [7, 11) is 3.23. The Balaban J connectivity index is 1.52. The lowest BCUT2D eigenvalue weighted by molar-refractivity contribution is -0.177. The number of nitrogens with one attached hydrogen (secondary N) is 2. The topological polar surface area (TPSA) is 108 Å². The third-order valence-electron chi connectivity index (χ3n) is 5.50. The summed E-state index contributed by atoms with van der Waals surface area (Å²) in [6.45, 7) is -0.0788. The highest BCUT2D eigenvalue weighted by Gasteiger charge is 2.43. The molecule has 3 atom stereocenters. The minimum Gasteiger partial charge on any atom is -0.474 e. The molecule has 2 aromatic heterocycles. The van der Waals surface area contributed by atoms with Gasteiger partial charge < -0.3 is 14.7 Å². The number of H-pyrrole nitrogens is 1. The number of ether oxygens (including phenoxy) is 1. The van der Waals surface area contributed by atoms with Gasteiger partial charge in [0, 0.05) is 25.4 Å². The van der Waals surface area contributed by atoms with Crippen molar-refractivity contribution in [2.24, 2.45) is 13.0 Å². The molecule has 158 valence electrons. The number of rotatable bonds is 3. The number of anilines is 1. The van der Waals surface area contributed by atoms with E-state index in [0.29, 0.717) is 22.8 Å². The van der Waals surface area contributed by atoms with E-state index in [9.17, 15) is 23.1 Å². The van der Waals surface area contributed by atoms with Crippen LogP contribution >= 0.6 is 0 Å². The first-order valence-corrected chi connectivity index (χ1v) is 9.16. The highest BCUT2D eigenvalue weighted by Crippen LogP contribution is 2.38. The van der Waals surface area contributed by atoms with E-state index in [-0.39, 0.29) is 37.5 Å². The molecule has 0 saturated carbocycles. The number of likely N-dealkylation sites (N-methyl/N-ethyl adjacent to an activating group) is 1. The summed E-state index contributed by atoms with van der Waals surface area (Å²) in [5.74, 6) is -1.44. The summed E-state index contributed by atoms with van der Waals surface area (Å²) >= 11 is 0. The third kappa shape index (κ3) is 3.46. The molecule has 29 heavy (non-hydrogen) atoms. The quantitative estimate of drug-likeness (QED) is 0.642. The van der Waals surface area contributed by atoms with E-state index in [1.54, 1.807) is 14.1 Å². The molecule has 3 N–H and O–H groups in total. The van der Waals surface area contributed by atoms with Crippen molar-refractivity contribution in [3.8, 4) is 5.88 Å². The highest BCUT2D eigenvalue weighted by molar-refractivity contribution is 5.98. The molecular formula is C17H21F3N6O3. The number of hydrogen-bond acceptors (Lipinski definition) is 6. The van der Waals surface area contributed by atoms with Crippen molar-refractivity contribution in [3.05, 3.63) is 23.1 Å². The van der Waals surface area contributed by atoms with Crippen LogP contribution in [0, 0.1) is 5.92 Å². The van der Waals surface area contributed by atoms with Crippen molar-refractivity contribution in [2.75, 3.05) is 18.6 Å². The lowest BCUT2D eigenvalue weighted by Crippen LogP contribution is -2.48. The number of amides is 1. The van der Waals surface area contributed by atoms with E-state index in [4.69, 9.17) is 4.74 Å². The number of carbonyl (C=O) groups is 1. The maximum Gasteiger partial charge on any atom is 0.392 e. The van der Waals surface area contributed by atoms with Gasteiger partial charge in [-0.25, -0.2) is 4.68 Å². The summed E-state index contributed by atoms with van der Waals surface area (Å²) < 4.78 is 46.5. The fourth-order valence-corrected chi connectivity index (χ4v) is 3.81. The zero-order valence-corrected chi connectivity index (χ0v) is 15.8. The first-order valence-electron chi connectivity index (χ1n) is 9.16. The zero-order valence-electron chi connectivity index (χ0n) is 15.8. The Morgan fingerprint density at radius 2 is 2.17 bits per heavy atom. The maximum absolute atomic E-state index is 13.1. The Morgan fingerprint density at radius 3 is 2.90 bits per heavy atom. The Morgan fingerprint density at radius 1 is 1.41 bits per heavy atom. The minimum absolute atomic E-state index is 0.0201. The van der Waals surface area contributed by atoms with E-state index < -0.39 is 24.4 Å². The number of halogens is 3. The fraction of sp³-hybridized carbons (Fsp3) is 0.588. The molecule has 0 bridgehead atoms. The molecule has 3 heterocycles. The standard InChI is InChI=1S/C17H21F3N6O3/c1-25-12-6-21-26(2)16(12)29-7-11(15(25)28)22-14(27)13-9-5-8(17(18,19)20)3-4-10(9)23-24-13/h6,8,11,14,22,27H,3-5,7H2,1-2H3,(H,23,24)/t8-,11-,14?/m0/s1. The van der Waals surface area contributed by atoms with Crippen molar-refractivity contribution in [3.63, 3.8) is 0 Å². The normalized spacial score (nSPS) is 23.2. The second-order valence-electron chi connectivity index (χ2n) is 7.34. The van der Waals surface area contributed by atoms with Crippen LogP contribution in [0.5, 0.6) is 5.88 Å². The Bertz CT molecular complexity index is 924. The molecular weight excluding hydrogens is 393 g/mol. The number of nitrogens with zero attached hydrogens (tertiary/aromatic N) is 4. The summed E-state index contributed by atoms with van der Waals surface area (Å²) in [4.78, 5) is 14.1. The number of carbonyl (C=O) groups excluding carboxylic acids is 1. The second-order valence-corrected chi connectivity index (χ2v) is 7.34. The van der Waals surface area contributed by atoms with Crippen LogP contribution in [0.3, 0.4) is 0 Å². The summed E-state index contributed by atoms with van der Waals surface area (Å²) in [6.07, 6.45) is -4.31. The predicted octanol–water partition coefficient (Wildman–Crippen LogP) is 0.815. The van der Waals surface area contributed by atoms with E-state index in [2.05, 4.69) is 20.6 Å². The van der Waals surface area contributed by atoms with Crippen molar-refractivity contribution in [2.45, 2.75) is 37.7 Å². The summed E-state index contributed by atoms with van der Waals surface area (Å²) in [5.41, 5.74) is 1.50. The number of aromatic nitrogens is 4. The molecule has 12 heteroatoms. The molecule has 9 nitrogen and oxygen atoms in total. The second kappa shape index (κ2) is 7.02. The molecule has 1 unspecified atom stereocenters. The van der Waals surface area contributed by atoms with Crippen LogP contribution in [0.2, 0.25) is 0 Å².